The maximum Gasteiger partial charge on any atom is 0.257 e. The second-order valence-corrected chi connectivity index (χ2v) is 7.05. The summed E-state index contributed by atoms with van der Waals surface area (Å²) in [6.45, 7) is 4.11. The van der Waals surface area contributed by atoms with Crippen molar-refractivity contribution in [2.24, 2.45) is 0 Å². The van der Waals surface area contributed by atoms with E-state index in [-0.39, 0.29) is 5.91 Å². The average molecular weight is 389 g/mol. The standard InChI is InChI=1S/C21H25ClN2O3/c1-26-18-7-4-16(5-8-18)15-23-10-3-11-24(13-12-23)21(25)19-9-6-17(22)14-20(19)27-2/h4-9,14H,3,10-13,15H2,1-2H3. The summed E-state index contributed by atoms with van der Waals surface area (Å²) in [5, 5.41) is 0.560. The van der Waals surface area contributed by atoms with Gasteiger partial charge in [0.2, 0.25) is 0 Å². The fourth-order valence-corrected chi connectivity index (χ4v) is 3.50. The molecule has 1 saturated heterocycles. The van der Waals surface area contributed by atoms with Crippen molar-refractivity contribution < 1.29 is 14.3 Å². The van der Waals surface area contributed by atoms with E-state index >= 15 is 0 Å². The van der Waals surface area contributed by atoms with Crippen LogP contribution in [0.15, 0.2) is 42.5 Å². The second kappa shape index (κ2) is 9.11. The molecule has 0 unspecified atom stereocenters. The Morgan fingerprint density at radius 2 is 1.78 bits per heavy atom. The molecule has 0 radical (unpaired) electrons. The first kappa shape index (κ1) is 19.5. The van der Waals surface area contributed by atoms with Gasteiger partial charge in [0.15, 0.2) is 0 Å². The summed E-state index contributed by atoms with van der Waals surface area (Å²) in [6.07, 6.45) is 0.942. The van der Waals surface area contributed by atoms with Gasteiger partial charge in [-0.15, -0.1) is 0 Å². The minimum absolute atomic E-state index is 0.00480. The molecule has 0 aromatic heterocycles. The minimum Gasteiger partial charge on any atom is -0.497 e. The predicted molar refractivity (Wildman–Crippen MR) is 107 cm³/mol. The van der Waals surface area contributed by atoms with Gasteiger partial charge in [0.25, 0.3) is 5.91 Å². The predicted octanol–water partition coefficient (Wildman–Crippen LogP) is 3.71. The molecule has 1 aliphatic heterocycles. The van der Waals surface area contributed by atoms with E-state index < -0.39 is 0 Å². The molecule has 0 aliphatic carbocycles. The van der Waals surface area contributed by atoms with E-state index in [2.05, 4.69) is 17.0 Å². The van der Waals surface area contributed by atoms with Gasteiger partial charge in [0, 0.05) is 37.7 Å². The molecular weight excluding hydrogens is 364 g/mol. The molecule has 2 aromatic carbocycles. The van der Waals surface area contributed by atoms with Crippen molar-refractivity contribution in [2.45, 2.75) is 13.0 Å². The SMILES string of the molecule is COc1ccc(CN2CCCN(C(=O)c3ccc(Cl)cc3OC)CC2)cc1. The summed E-state index contributed by atoms with van der Waals surface area (Å²) in [5.74, 6) is 1.38. The molecule has 0 saturated carbocycles. The Bertz CT molecular complexity index is 779. The summed E-state index contributed by atoms with van der Waals surface area (Å²) in [5.41, 5.74) is 1.81. The number of carbonyl (C=O) groups excluding carboxylic acids is 1. The normalized spacial score (nSPS) is 15.3. The summed E-state index contributed by atoms with van der Waals surface area (Å²) < 4.78 is 10.5. The van der Waals surface area contributed by atoms with Crippen LogP contribution in [0.3, 0.4) is 0 Å². The lowest BCUT2D eigenvalue weighted by Gasteiger charge is -2.23. The number of halogens is 1. The van der Waals surface area contributed by atoms with Crippen molar-refractivity contribution in [1.29, 1.82) is 0 Å². The van der Waals surface area contributed by atoms with Crippen LogP contribution >= 0.6 is 11.6 Å². The number of rotatable bonds is 5. The topological polar surface area (TPSA) is 42.0 Å². The van der Waals surface area contributed by atoms with Crippen molar-refractivity contribution in [2.75, 3.05) is 40.4 Å². The monoisotopic (exact) mass is 388 g/mol. The third kappa shape index (κ3) is 4.93. The van der Waals surface area contributed by atoms with Gasteiger partial charge in [-0.3, -0.25) is 9.69 Å². The Hall–Kier alpha value is -2.24. The Kier molecular flexibility index (Phi) is 6.58. The Labute approximate surface area is 165 Å². The summed E-state index contributed by atoms with van der Waals surface area (Å²) >= 11 is 6.01. The van der Waals surface area contributed by atoms with Gasteiger partial charge in [-0.25, -0.2) is 0 Å². The molecule has 27 heavy (non-hydrogen) atoms. The van der Waals surface area contributed by atoms with Gasteiger partial charge in [-0.1, -0.05) is 23.7 Å². The average Bonchev–Trinajstić information content (AvgIpc) is 2.93. The van der Waals surface area contributed by atoms with Gasteiger partial charge < -0.3 is 14.4 Å². The Morgan fingerprint density at radius 1 is 1.00 bits per heavy atom. The van der Waals surface area contributed by atoms with Gasteiger partial charge in [-0.2, -0.15) is 0 Å². The lowest BCUT2D eigenvalue weighted by Crippen LogP contribution is -2.35. The molecule has 2 aromatic rings. The highest BCUT2D eigenvalue weighted by molar-refractivity contribution is 6.30. The molecule has 0 bridgehead atoms. The van der Waals surface area contributed by atoms with E-state index in [1.54, 1.807) is 32.4 Å². The summed E-state index contributed by atoms with van der Waals surface area (Å²) in [6, 6.07) is 13.3. The van der Waals surface area contributed by atoms with E-state index in [0.717, 1.165) is 38.3 Å². The quantitative estimate of drug-likeness (QED) is 0.783. The zero-order valence-corrected chi connectivity index (χ0v) is 16.5. The van der Waals surface area contributed by atoms with Crippen molar-refractivity contribution in [3.63, 3.8) is 0 Å². The highest BCUT2D eigenvalue weighted by atomic mass is 35.5. The number of benzene rings is 2. The lowest BCUT2D eigenvalue weighted by atomic mass is 10.1. The molecule has 1 fully saturated rings. The van der Waals surface area contributed by atoms with Gasteiger partial charge in [-0.05, 0) is 42.3 Å². The zero-order valence-electron chi connectivity index (χ0n) is 15.8. The number of hydrogen-bond acceptors (Lipinski definition) is 4. The fraction of sp³-hybridized carbons (Fsp3) is 0.381. The van der Waals surface area contributed by atoms with Crippen LogP contribution in [0.2, 0.25) is 5.02 Å². The number of methoxy groups -OCH3 is 2. The Balaban J connectivity index is 1.63. The van der Waals surface area contributed by atoms with Crippen LogP contribution in [-0.2, 0) is 6.54 Å². The second-order valence-electron chi connectivity index (χ2n) is 6.61. The molecule has 1 heterocycles. The van der Waals surface area contributed by atoms with Crippen molar-refractivity contribution in [3.8, 4) is 11.5 Å². The number of amides is 1. The molecule has 0 spiro atoms. The zero-order chi connectivity index (χ0) is 19.2. The first-order chi connectivity index (χ1) is 13.1. The number of hydrogen-bond donors (Lipinski definition) is 0. The highest BCUT2D eigenvalue weighted by Gasteiger charge is 2.23. The summed E-state index contributed by atoms with van der Waals surface area (Å²) in [4.78, 5) is 17.2. The van der Waals surface area contributed by atoms with Gasteiger partial charge in [0.05, 0.1) is 19.8 Å². The van der Waals surface area contributed by atoms with Gasteiger partial charge in [0.1, 0.15) is 11.5 Å². The molecular formula is C21H25ClN2O3. The van der Waals surface area contributed by atoms with E-state index in [1.165, 1.54) is 5.56 Å². The van der Waals surface area contributed by atoms with Crippen LogP contribution < -0.4 is 9.47 Å². The van der Waals surface area contributed by atoms with Crippen LogP contribution in [0.1, 0.15) is 22.3 Å². The lowest BCUT2D eigenvalue weighted by molar-refractivity contribution is 0.0757. The summed E-state index contributed by atoms with van der Waals surface area (Å²) in [7, 11) is 3.23. The van der Waals surface area contributed by atoms with E-state index in [1.807, 2.05) is 17.0 Å². The van der Waals surface area contributed by atoms with E-state index in [9.17, 15) is 4.79 Å². The highest BCUT2D eigenvalue weighted by Crippen LogP contribution is 2.25. The molecule has 5 nitrogen and oxygen atoms in total. The van der Waals surface area contributed by atoms with Crippen LogP contribution in [-0.4, -0.2) is 56.1 Å². The molecule has 1 aliphatic rings. The first-order valence-electron chi connectivity index (χ1n) is 9.09. The van der Waals surface area contributed by atoms with Crippen molar-refractivity contribution in [1.82, 2.24) is 9.80 Å². The molecule has 144 valence electrons. The minimum atomic E-state index is -0.00480. The molecule has 0 N–H and O–H groups in total. The van der Waals surface area contributed by atoms with Crippen LogP contribution in [0.25, 0.3) is 0 Å². The number of nitrogens with zero attached hydrogens (tertiary/aromatic N) is 2. The third-order valence-electron chi connectivity index (χ3n) is 4.83. The van der Waals surface area contributed by atoms with Crippen LogP contribution in [0.5, 0.6) is 11.5 Å². The maximum absolute atomic E-state index is 12.9. The third-order valence-corrected chi connectivity index (χ3v) is 5.07. The first-order valence-corrected chi connectivity index (χ1v) is 9.46. The van der Waals surface area contributed by atoms with Crippen molar-refractivity contribution in [3.05, 3.63) is 58.6 Å². The van der Waals surface area contributed by atoms with Crippen LogP contribution in [0.4, 0.5) is 0 Å². The van der Waals surface area contributed by atoms with Gasteiger partial charge >= 0.3 is 0 Å². The smallest absolute Gasteiger partial charge is 0.257 e. The van der Waals surface area contributed by atoms with E-state index in [4.69, 9.17) is 21.1 Å². The van der Waals surface area contributed by atoms with Crippen LogP contribution in [0, 0.1) is 0 Å². The number of ether oxygens (including phenoxy) is 2. The molecule has 1 amide bonds. The van der Waals surface area contributed by atoms with E-state index in [0.29, 0.717) is 22.9 Å². The Morgan fingerprint density at radius 3 is 2.48 bits per heavy atom. The molecule has 6 heteroatoms. The molecule has 0 atom stereocenters. The maximum atomic E-state index is 12.9. The largest absolute Gasteiger partial charge is 0.497 e. The van der Waals surface area contributed by atoms with Crippen molar-refractivity contribution >= 4 is 17.5 Å². The molecule has 3 rings (SSSR count). The fourth-order valence-electron chi connectivity index (χ4n) is 3.33. The number of carbonyl (C=O) groups is 1.